The van der Waals surface area contributed by atoms with E-state index in [1.54, 1.807) is 0 Å². The molecule has 0 fully saturated rings. The summed E-state index contributed by atoms with van der Waals surface area (Å²) in [6, 6.07) is 17.7. The van der Waals surface area contributed by atoms with Gasteiger partial charge in [0.05, 0.1) is 0 Å². The van der Waals surface area contributed by atoms with Crippen LogP contribution in [0.25, 0.3) is 5.57 Å². The van der Waals surface area contributed by atoms with Gasteiger partial charge in [-0.1, -0.05) is 49.1 Å². The molecule has 0 aliphatic carbocycles. The van der Waals surface area contributed by atoms with E-state index in [0.717, 1.165) is 22.5 Å². The van der Waals surface area contributed by atoms with Crippen molar-refractivity contribution in [2.45, 2.75) is 0 Å². The molecule has 3 N–H and O–H groups in total. The predicted molar refractivity (Wildman–Crippen MR) is 88.2 cm³/mol. The highest BCUT2D eigenvalue weighted by Crippen LogP contribution is 2.15. The lowest BCUT2D eigenvalue weighted by molar-refractivity contribution is 1.58. The van der Waals surface area contributed by atoms with Gasteiger partial charge in [0, 0.05) is 17.6 Å². The van der Waals surface area contributed by atoms with Crippen molar-refractivity contribution in [3.63, 3.8) is 0 Å². The zero-order valence-electron chi connectivity index (χ0n) is 11.3. The van der Waals surface area contributed by atoms with Crippen molar-refractivity contribution in [1.82, 2.24) is 0 Å². The molecular weight excluding hydrogens is 244 g/mol. The highest BCUT2D eigenvalue weighted by molar-refractivity contribution is 5.73. The van der Waals surface area contributed by atoms with Gasteiger partial charge in [0.15, 0.2) is 0 Å². The second kappa shape index (κ2) is 7.00. The number of para-hydroxylation sites is 1. The molecule has 100 valence electrons. The minimum atomic E-state index is 0.762. The number of nitrogens with one attached hydrogen (secondary N) is 1. The van der Waals surface area contributed by atoms with Gasteiger partial charge in [0.1, 0.15) is 0 Å². The Morgan fingerprint density at radius 2 is 1.65 bits per heavy atom. The van der Waals surface area contributed by atoms with Crippen molar-refractivity contribution in [3.8, 4) is 0 Å². The summed E-state index contributed by atoms with van der Waals surface area (Å²) >= 11 is 0. The average Bonchev–Trinajstić information content (AvgIpc) is 2.48. The van der Waals surface area contributed by atoms with E-state index in [9.17, 15) is 0 Å². The van der Waals surface area contributed by atoms with Crippen LogP contribution in [-0.2, 0) is 0 Å². The van der Waals surface area contributed by atoms with E-state index in [0.29, 0.717) is 0 Å². The summed E-state index contributed by atoms with van der Waals surface area (Å²) in [5, 5.41) is 3.19. The topological polar surface area (TPSA) is 38.0 Å². The molecule has 0 bridgehead atoms. The lowest BCUT2D eigenvalue weighted by Gasteiger charge is -2.00. The summed E-state index contributed by atoms with van der Waals surface area (Å²) in [6.45, 7) is 4.03. The van der Waals surface area contributed by atoms with Crippen LogP contribution in [0.3, 0.4) is 0 Å². The Morgan fingerprint density at radius 3 is 2.35 bits per heavy atom. The van der Waals surface area contributed by atoms with Gasteiger partial charge >= 0.3 is 0 Å². The first kappa shape index (κ1) is 13.7. The first-order valence-corrected chi connectivity index (χ1v) is 6.45. The molecule has 2 aromatic carbocycles. The zero-order valence-corrected chi connectivity index (χ0v) is 11.3. The highest BCUT2D eigenvalue weighted by atomic mass is 14.8. The minimum Gasteiger partial charge on any atom is -0.399 e. The first-order valence-electron chi connectivity index (χ1n) is 6.45. The third-order valence-electron chi connectivity index (χ3n) is 2.81. The number of benzene rings is 2. The molecule has 0 atom stereocenters. The van der Waals surface area contributed by atoms with Crippen molar-refractivity contribution >= 4 is 16.9 Å². The van der Waals surface area contributed by atoms with Crippen molar-refractivity contribution in [3.05, 3.63) is 91.2 Å². The Kier molecular flexibility index (Phi) is 4.79. The lowest BCUT2D eigenvalue weighted by Crippen LogP contribution is -1.85. The van der Waals surface area contributed by atoms with E-state index in [1.807, 2.05) is 79.0 Å². The lowest BCUT2D eigenvalue weighted by atomic mass is 10.1. The highest BCUT2D eigenvalue weighted by Gasteiger charge is 1.93. The summed E-state index contributed by atoms with van der Waals surface area (Å²) in [5.74, 6) is 0. The zero-order chi connectivity index (χ0) is 14.2. The Balaban J connectivity index is 1.87. The molecule has 0 aliphatic rings. The van der Waals surface area contributed by atoms with Gasteiger partial charge < -0.3 is 11.1 Å². The molecule has 2 aromatic rings. The molecule has 2 rings (SSSR count). The maximum absolute atomic E-state index is 5.65. The Morgan fingerprint density at radius 1 is 0.950 bits per heavy atom. The normalized spacial score (nSPS) is 11.0. The van der Waals surface area contributed by atoms with E-state index in [4.69, 9.17) is 5.73 Å². The van der Waals surface area contributed by atoms with E-state index in [1.165, 1.54) is 0 Å². The van der Waals surface area contributed by atoms with Crippen LogP contribution in [0.4, 0.5) is 11.4 Å². The smallest absolute Gasteiger partial charge is 0.0379 e. The van der Waals surface area contributed by atoms with Gasteiger partial charge in [0.2, 0.25) is 0 Å². The van der Waals surface area contributed by atoms with E-state index in [2.05, 4.69) is 11.9 Å². The van der Waals surface area contributed by atoms with Crippen LogP contribution in [0.5, 0.6) is 0 Å². The molecule has 0 saturated carbocycles. The number of rotatable bonds is 5. The standard InChI is InChI=1S/C18H18N2/c1-15(16-10-12-17(19)13-11-16)7-5-6-14-20-18-8-3-2-4-9-18/h2-14,20H,1,19H2/b7-5-,14-6-. The van der Waals surface area contributed by atoms with Crippen LogP contribution >= 0.6 is 0 Å². The molecule has 0 unspecified atom stereocenters. The van der Waals surface area contributed by atoms with E-state index in [-0.39, 0.29) is 0 Å². The van der Waals surface area contributed by atoms with Gasteiger partial charge in [0.25, 0.3) is 0 Å². The molecule has 20 heavy (non-hydrogen) atoms. The van der Waals surface area contributed by atoms with Crippen LogP contribution in [0.1, 0.15) is 5.56 Å². The second-order valence-electron chi connectivity index (χ2n) is 4.38. The molecule has 0 radical (unpaired) electrons. The first-order chi connectivity index (χ1) is 9.75. The molecule has 0 spiro atoms. The van der Waals surface area contributed by atoms with E-state index >= 15 is 0 Å². The van der Waals surface area contributed by atoms with Gasteiger partial charge in [-0.05, 0) is 41.5 Å². The Bertz CT molecular complexity index is 608. The van der Waals surface area contributed by atoms with E-state index < -0.39 is 0 Å². The number of hydrogen-bond acceptors (Lipinski definition) is 2. The fraction of sp³-hybridized carbons (Fsp3) is 0. The molecule has 0 heterocycles. The fourth-order valence-corrected chi connectivity index (χ4v) is 1.70. The van der Waals surface area contributed by atoms with Crippen molar-refractivity contribution in [1.29, 1.82) is 0 Å². The molecular formula is C18H18N2. The third kappa shape index (κ3) is 4.18. The Labute approximate surface area is 119 Å². The average molecular weight is 262 g/mol. The number of anilines is 2. The molecule has 0 aliphatic heterocycles. The second-order valence-corrected chi connectivity index (χ2v) is 4.38. The fourth-order valence-electron chi connectivity index (χ4n) is 1.70. The molecule has 0 amide bonds. The molecule has 0 aromatic heterocycles. The SMILES string of the molecule is C=C(/C=C\C=C/Nc1ccccc1)c1ccc(N)cc1. The van der Waals surface area contributed by atoms with Gasteiger partial charge in [-0.2, -0.15) is 0 Å². The molecule has 2 heteroatoms. The maximum Gasteiger partial charge on any atom is 0.0379 e. The summed E-state index contributed by atoms with van der Waals surface area (Å²) in [7, 11) is 0. The number of nitrogens with two attached hydrogens (primary N) is 1. The third-order valence-corrected chi connectivity index (χ3v) is 2.81. The van der Waals surface area contributed by atoms with Crippen molar-refractivity contribution in [2.75, 3.05) is 11.1 Å². The monoisotopic (exact) mass is 262 g/mol. The summed E-state index contributed by atoms with van der Waals surface area (Å²) < 4.78 is 0. The number of nitrogen functional groups attached to an aromatic ring is 1. The van der Waals surface area contributed by atoms with Crippen LogP contribution in [0.2, 0.25) is 0 Å². The molecule has 0 saturated heterocycles. The van der Waals surface area contributed by atoms with Crippen LogP contribution in [-0.4, -0.2) is 0 Å². The van der Waals surface area contributed by atoms with Crippen molar-refractivity contribution in [2.24, 2.45) is 0 Å². The van der Waals surface area contributed by atoms with Gasteiger partial charge in [-0.25, -0.2) is 0 Å². The number of allylic oxidation sites excluding steroid dienone is 4. The largest absolute Gasteiger partial charge is 0.399 e. The maximum atomic E-state index is 5.65. The number of hydrogen-bond donors (Lipinski definition) is 2. The predicted octanol–water partition coefficient (Wildman–Crippen LogP) is 4.46. The Hall–Kier alpha value is -2.74. The minimum absolute atomic E-state index is 0.762. The van der Waals surface area contributed by atoms with Gasteiger partial charge in [-0.3, -0.25) is 0 Å². The summed E-state index contributed by atoms with van der Waals surface area (Å²) in [4.78, 5) is 0. The quantitative estimate of drug-likeness (QED) is 0.616. The summed E-state index contributed by atoms with van der Waals surface area (Å²) in [5.41, 5.74) is 9.50. The van der Waals surface area contributed by atoms with Crippen LogP contribution in [0, 0.1) is 0 Å². The van der Waals surface area contributed by atoms with Crippen LogP contribution in [0.15, 0.2) is 85.6 Å². The molecule has 2 nitrogen and oxygen atoms in total. The van der Waals surface area contributed by atoms with Crippen molar-refractivity contribution < 1.29 is 0 Å². The van der Waals surface area contributed by atoms with Crippen LogP contribution < -0.4 is 11.1 Å². The van der Waals surface area contributed by atoms with Gasteiger partial charge in [-0.15, -0.1) is 0 Å². The summed E-state index contributed by atoms with van der Waals surface area (Å²) in [6.07, 6.45) is 7.75.